The summed E-state index contributed by atoms with van der Waals surface area (Å²) in [5.74, 6) is -1.45. The van der Waals surface area contributed by atoms with E-state index in [1.807, 2.05) is 0 Å². The second-order valence-corrected chi connectivity index (χ2v) is 2.19. The molecule has 2 amide bonds. The smallest absolute Gasteiger partial charge is 0.312 e. The van der Waals surface area contributed by atoms with Crippen LogP contribution in [0.4, 0.5) is 4.79 Å². The third-order valence-corrected chi connectivity index (χ3v) is 1.36. The molecule has 0 aliphatic rings. The van der Waals surface area contributed by atoms with Crippen LogP contribution in [-0.4, -0.2) is 23.7 Å². The van der Waals surface area contributed by atoms with Crippen molar-refractivity contribution in [2.45, 2.75) is 13.3 Å². The molecule has 0 saturated carbocycles. The summed E-state index contributed by atoms with van der Waals surface area (Å²) in [4.78, 5) is 20.5. The molecule has 0 heterocycles. The Bertz CT molecular complexity index is 158. The number of carbonyl (C=O) groups excluding carboxylic acids is 1. The average molecular weight is 160 g/mol. The summed E-state index contributed by atoms with van der Waals surface area (Å²) in [5, 5.41) is 10.7. The lowest BCUT2D eigenvalue weighted by molar-refractivity contribution is -0.141. The first-order valence-corrected chi connectivity index (χ1v) is 3.34. The van der Waals surface area contributed by atoms with Crippen molar-refractivity contribution in [3.8, 4) is 0 Å². The van der Waals surface area contributed by atoms with E-state index < -0.39 is 17.9 Å². The van der Waals surface area contributed by atoms with E-state index in [0.717, 1.165) is 0 Å². The molecule has 0 radical (unpaired) electrons. The van der Waals surface area contributed by atoms with Gasteiger partial charge in [0, 0.05) is 6.54 Å². The molecule has 11 heavy (non-hydrogen) atoms. The van der Waals surface area contributed by atoms with Crippen molar-refractivity contribution in [3.05, 3.63) is 0 Å². The summed E-state index contributed by atoms with van der Waals surface area (Å²) >= 11 is 0. The van der Waals surface area contributed by atoms with Crippen molar-refractivity contribution in [2.24, 2.45) is 11.7 Å². The first kappa shape index (κ1) is 9.74. The van der Waals surface area contributed by atoms with Gasteiger partial charge in [-0.2, -0.15) is 0 Å². The number of nitrogens with one attached hydrogen (secondary N) is 1. The predicted octanol–water partition coefficient (Wildman–Crippen LogP) is -0.235. The largest absolute Gasteiger partial charge is 0.481 e. The molecule has 0 aromatic heterocycles. The number of amides is 2. The normalized spacial score (nSPS) is 12.1. The third kappa shape index (κ3) is 4.19. The van der Waals surface area contributed by atoms with E-state index in [1.165, 1.54) is 0 Å². The highest BCUT2D eigenvalue weighted by molar-refractivity contribution is 5.74. The van der Waals surface area contributed by atoms with Gasteiger partial charge in [0.05, 0.1) is 5.92 Å². The maximum Gasteiger partial charge on any atom is 0.312 e. The summed E-state index contributed by atoms with van der Waals surface area (Å²) in [5.41, 5.74) is 4.75. The Morgan fingerprint density at radius 2 is 2.18 bits per heavy atom. The lowest BCUT2D eigenvalue weighted by Crippen LogP contribution is -2.36. The van der Waals surface area contributed by atoms with E-state index in [1.54, 1.807) is 6.92 Å². The van der Waals surface area contributed by atoms with E-state index in [9.17, 15) is 9.59 Å². The molecule has 0 unspecified atom stereocenters. The second-order valence-electron chi connectivity index (χ2n) is 2.19. The quantitative estimate of drug-likeness (QED) is 0.530. The number of aliphatic carboxylic acids is 1. The van der Waals surface area contributed by atoms with Gasteiger partial charge in [-0.15, -0.1) is 0 Å². The van der Waals surface area contributed by atoms with Crippen LogP contribution in [0, 0.1) is 5.92 Å². The van der Waals surface area contributed by atoms with Gasteiger partial charge in [-0.25, -0.2) is 4.79 Å². The third-order valence-electron chi connectivity index (χ3n) is 1.36. The van der Waals surface area contributed by atoms with Crippen LogP contribution in [0.2, 0.25) is 0 Å². The van der Waals surface area contributed by atoms with Gasteiger partial charge >= 0.3 is 12.0 Å². The van der Waals surface area contributed by atoms with Gasteiger partial charge in [-0.05, 0) is 6.42 Å². The van der Waals surface area contributed by atoms with Gasteiger partial charge in [0.2, 0.25) is 0 Å². The number of primary amides is 1. The summed E-state index contributed by atoms with van der Waals surface area (Å²) in [6, 6.07) is -0.690. The minimum Gasteiger partial charge on any atom is -0.481 e. The van der Waals surface area contributed by atoms with E-state index in [-0.39, 0.29) is 6.54 Å². The van der Waals surface area contributed by atoms with E-state index >= 15 is 0 Å². The zero-order valence-electron chi connectivity index (χ0n) is 6.33. The number of carboxylic acid groups (broad SMARTS) is 1. The number of carboxylic acids is 1. The topological polar surface area (TPSA) is 92.4 Å². The van der Waals surface area contributed by atoms with Crippen LogP contribution in [0.1, 0.15) is 13.3 Å². The van der Waals surface area contributed by atoms with Crippen LogP contribution < -0.4 is 11.1 Å². The molecule has 0 aromatic rings. The maximum absolute atomic E-state index is 10.4. The van der Waals surface area contributed by atoms with E-state index in [4.69, 9.17) is 10.8 Å². The first-order chi connectivity index (χ1) is 5.07. The Morgan fingerprint density at radius 1 is 1.64 bits per heavy atom. The molecular weight excluding hydrogens is 148 g/mol. The minimum atomic E-state index is -0.916. The fourth-order valence-electron chi connectivity index (χ4n) is 0.630. The highest BCUT2D eigenvalue weighted by Crippen LogP contribution is 1.99. The number of rotatable bonds is 4. The number of hydrogen-bond donors (Lipinski definition) is 3. The molecule has 0 spiro atoms. The maximum atomic E-state index is 10.4. The highest BCUT2D eigenvalue weighted by Gasteiger charge is 2.14. The van der Waals surface area contributed by atoms with Gasteiger partial charge in [0.15, 0.2) is 0 Å². The van der Waals surface area contributed by atoms with Crippen molar-refractivity contribution in [1.82, 2.24) is 5.32 Å². The second kappa shape index (κ2) is 4.54. The lowest BCUT2D eigenvalue weighted by Gasteiger charge is -2.08. The standard InChI is InChI=1S/C6H12N2O3/c1-2-4(5(9)10)3-8-6(7)11/h4H,2-3H2,1H3,(H,9,10)(H3,7,8,11)/t4-/m0/s1. The molecule has 0 aromatic carbocycles. The Balaban J connectivity index is 3.70. The van der Waals surface area contributed by atoms with Crippen LogP contribution in [-0.2, 0) is 4.79 Å². The number of carbonyl (C=O) groups is 2. The van der Waals surface area contributed by atoms with Crippen LogP contribution in [0.15, 0.2) is 0 Å². The molecule has 5 nitrogen and oxygen atoms in total. The van der Waals surface area contributed by atoms with Gasteiger partial charge in [0.1, 0.15) is 0 Å². The van der Waals surface area contributed by atoms with Crippen molar-refractivity contribution in [3.63, 3.8) is 0 Å². The van der Waals surface area contributed by atoms with Crippen molar-refractivity contribution in [2.75, 3.05) is 6.54 Å². The molecule has 1 atom stereocenters. The molecule has 64 valence electrons. The summed E-state index contributed by atoms with van der Waals surface area (Å²) in [6.45, 7) is 1.84. The minimum absolute atomic E-state index is 0.0984. The number of nitrogens with two attached hydrogens (primary N) is 1. The van der Waals surface area contributed by atoms with E-state index in [0.29, 0.717) is 6.42 Å². The Morgan fingerprint density at radius 3 is 2.45 bits per heavy atom. The molecule has 0 rings (SSSR count). The zero-order valence-corrected chi connectivity index (χ0v) is 6.33. The summed E-state index contributed by atoms with van der Waals surface area (Å²) in [6.07, 6.45) is 0.482. The summed E-state index contributed by atoms with van der Waals surface area (Å²) in [7, 11) is 0. The molecule has 0 fully saturated rings. The average Bonchev–Trinajstić information content (AvgIpc) is 1.87. The fourth-order valence-corrected chi connectivity index (χ4v) is 0.630. The van der Waals surface area contributed by atoms with Gasteiger partial charge < -0.3 is 16.2 Å². The Hall–Kier alpha value is -1.26. The van der Waals surface area contributed by atoms with Crippen molar-refractivity contribution in [1.29, 1.82) is 0 Å². The van der Waals surface area contributed by atoms with Crippen molar-refractivity contribution < 1.29 is 14.7 Å². The van der Waals surface area contributed by atoms with Crippen LogP contribution >= 0.6 is 0 Å². The van der Waals surface area contributed by atoms with Gasteiger partial charge in [-0.1, -0.05) is 6.92 Å². The molecular formula is C6H12N2O3. The number of hydrogen-bond acceptors (Lipinski definition) is 2. The Kier molecular flexibility index (Phi) is 4.02. The van der Waals surface area contributed by atoms with Crippen LogP contribution in [0.25, 0.3) is 0 Å². The summed E-state index contributed by atoms with van der Waals surface area (Å²) < 4.78 is 0. The van der Waals surface area contributed by atoms with Crippen LogP contribution in [0.3, 0.4) is 0 Å². The molecule has 0 aliphatic heterocycles. The molecule has 0 saturated heterocycles. The predicted molar refractivity (Wildman–Crippen MR) is 39.0 cm³/mol. The van der Waals surface area contributed by atoms with Crippen LogP contribution in [0.5, 0.6) is 0 Å². The highest BCUT2D eigenvalue weighted by atomic mass is 16.4. The zero-order chi connectivity index (χ0) is 8.85. The van der Waals surface area contributed by atoms with Gasteiger partial charge in [-0.3, -0.25) is 4.79 Å². The molecule has 4 N–H and O–H groups in total. The van der Waals surface area contributed by atoms with E-state index in [2.05, 4.69) is 5.32 Å². The molecule has 5 heteroatoms. The lowest BCUT2D eigenvalue weighted by atomic mass is 10.1. The Labute approximate surface area is 64.6 Å². The van der Waals surface area contributed by atoms with Crippen molar-refractivity contribution >= 4 is 12.0 Å². The molecule has 0 bridgehead atoms. The monoisotopic (exact) mass is 160 g/mol. The SMILES string of the molecule is CC[C@@H](CNC(N)=O)C(=O)O. The first-order valence-electron chi connectivity index (χ1n) is 3.34. The van der Waals surface area contributed by atoms with Gasteiger partial charge in [0.25, 0.3) is 0 Å². The number of urea groups is 1. The fraction of sp³-hybridized carbons (Fsp3) is 0.667. The molecule has 0 aliphatic carbocycles.